The smallest absolute Gasteiger partial charge is 0.164 e. The number of rotatable bonds is 7. The Hall–Kier alpha value is -7.60. The Morgan fingerprint density at radius 2 is 0.831 bits per heavy atom. The SMILES string of the molecule is c1ccc(-c2nc(-c3ccccc3)nc(-c3cccc(-c4ccc5nc(-c6ccc7ccccc7c6)c6c(-c7ccccc7)c(-c7ccccc7)sc6c5c4)c3)n2)cc1. The number of benzene rings is 8. The van der Waals surface area contributed by atoms with E-state index in [0.29, 0.717) is 17.5 Å². The highest BCUT2D eigenvalue weighted by Crippen LogP contribution is 2.50. The molecule has 0 aliphatic heterocycles. The minimum atomic E-state index is 0.627. The Morgan fingerprint density at radius 1 is 0.322 bits per heavy atom. The predicted molar refractivity (Wildman–Crippen MR) is 246 cm³/mol. The van der Waals surface area contributed by atoms with Crippen LogP contribution in [0.15, 0.2) is 206 Å². The monoisotopic (exact) mass is 770 g/mol. The molecule has 3 heterocycles. The average Bonchev–Trinajstić information content (AvgIpc) is 3.73. The van der Waals surface area contributed by atoms with E-state index < -0.39 is 0 Å². The van der Waals surface area contributed by atoms with Crippen LogP contribution in [0.25, 0.3) is 110 Å². The van der Waals surface area contributed by atoms with Gasteiger partial charge in [-0.1, -0.05) is 182 Å². The maximum atomic E-state index is 5.53. The zero-order valence-electron chi connectivity index (χ0n) is 31.8. The average molecular weight is 771 g/mol. The van der Waals surface area contributed by atoms with E-state index in [-0.39, 0.29) is 0 Å². The molecule has 8 aromatic carbocycles. The standard InChI is InChI=1S/C54H34N4S/c1-5-17-36(18-6-1)47-48-49(43-29-28-35-16-13-14-25-40(35)32-43)55-46-31-30-42(34-45(46)51(48)59-50(47)37-19-7-2-8-20-37)41-26-15-27-44(33-41)54-57-52(38-21-9-3-10-22-38)56-53(58-54)39-23-11-4-12-24-39/h1-34H. The molecule has 0 N–H and O–H groups in total. The number of thiophene rings is 1. The molecule has 5 heteroatoms. The van der Waals surface area contributed by atoms with Gasteiger partial charge in [0.1, 0.15) is 0 Å². The lowest BCUT2D eigenvalue weighted by atomic mass is 9.93. The molecule has 0 unspecified atom stereocenters. The first kappa shape index (κ1) is 34.6. The van der Waals surface area contributed by atoms with Crippen LogP contribution in [0.2, 0.25) is 0 Å². The Balaban J connectivity index is 1.12. The van der Waals surface area contributed by atoms with Crippen molar-refractivity contribution in [2.24, 2.45) is 0 Å². The van der Waals surface area contributed by atoms with Gasteiger partial charge in [-0.15, -0.1) is 11.3 Å². The van der Waals surface area contributed by atoms with Crippen LogP contribution in [-0.2, 0) is 0 Å². The summed E-state index contributed by atoms with van der Waals surface area (Å²) in [5.74, 6) is 1.91. The van der Waals surface area contributed by atoms with E-state index in [0.717, 1.165) is 50.0 Å². The second-order valence-electron chi connectivity index (χ2n) is 14.6. The van der Waals surface area contributed by atoms with Crippen molar-refractivity contribution in [2.75, 3.05) is 0 Å². The quantitative estimate of drug-likeness (QED) is 0.162. The molecule has 0 amide bonds. The molecule has 0 spiro atoms. The fraction of sp³-hybridized carbons (Fsp3) is 0. The van der Waals surface area contributed by atoms with Crippen molar-refractivity contribution >= 4 is 43.1 Å². The summed E-state index contributed by atoms with van der Waals surface area (Å²) in [4.78, 5) is 21.7. The third-order valence-corrected chi connectivity index (χ3v) is 12.2. The van der Waals surface area contributed by atoms with Crippen molar-refractivity contribution < 1.29 is 0 Å². The van der Waals surface area contributed by atoms with Crippen LogP contribution in [0.3, 0.4) is 0 Å². The third kappa shape index (κ3) is 6.44. The van der Waals surface area contributed by atoms with Gasteiger partial charge in [-0.05, 0) is 57.3 Å². The largest absolute Gasteiger partial charge is 0.247 e. The van der Waals surface area contributed by atoms with Gasteiger partial charge in [0.2, 0.25) is 0 Å². The fourth-order valence-corrected chi connectivity index (χ4v) is 9.37. The molecule has 59 heavy (non-hydrogen) atoms. The molecule has 0 fully saturated rings. The first-order valence-electron chi connectivity index (χ1n) is 19.7. The van der Waals surface area contributed by atoms with Gasteiger partial charge in [-0.3, -0.25) is 0 Å². The maximum Gasteiger partial charge on any atom is 0.164 e. The van der Waals surface area contributed by atoms with E-state index in [1.54, 1.807) is 0 Å². The predicted octanol–water partition coefficient (Wildman–Crippen LogP) is 14.5. The fourth-order valence-electron chi connectivity index (χ4n) is 8.01. The number of hydrogen-bond donors (Lipinski definition) is 0. The molecule has 0 bridgehead atoms. The van der Waals surface area contributed by atoms with Gasteiger partial charge >= 0.3 is 0 Å². The van der Waals surface area contributed by atoms with Crippen LogP contribution >= 0.6 is 11.3 Å². The molecule has 276 valence electrons. The van der Waals surface area contributed by atoms with Crippen molar-refractivity contribution in [3.63, 3.8) is 0 Å². The van der Waals surface area contributed by atoms with Crippen LogP contribution in [-0.4, -0.2) is 19.9 Å². The van der Waals surface area contributed by atoms with E-state index in [1.165, 1.54) is 42.4 Å². The first-order valence-corrected chi connectivity index (χ1v) is 20.5. The van der Waals surface area contributed by atoms with Crippen LogP contribution in [0, 0.1) is 0 Å². The molecule has 0 aliphatic rings. The molecule has 0 radical (unpaired) electrons. The van der Waals surface area contributed by atoms with Crippen molar-refractivity contribution in [1.29, 1.82) is 0 Å². The second-order valence-corrected chi connectivity index (χ2v) is 15.6. The third-order valence-electron chi connectivity index (χ3n) is 10.9. The summed E-state index contributed by atoms with van der Waals surface area (Å²) in [6.45, 7) is 0. The van der Waals surface area contributed by atoms with Crippen molar-refractivity contribution in [1.82, 2.24) is 19.9 Å². The van der Waals surface area contributed by atoms with Gasteiger partial charge in [-0.2, -0.15) is 0 Å². The zero-order chi connectivity index (χ0) is 39.1. The summed E-state index contributed by atoms with van der Waals surface area (Å²) in [6, 6.07) is 72.2. The molecule has 3 aromatic heterocycles. The Bertz CT molecular complexity index is 3250. The summed E-state index contributed by atoms with van der Waals surface area (Å²) in [5, 5.41) is 4.69. The number of pyridine rings is 1. The minimum absolute atomic E-state index is 0.627. The highest BCUT2D eigenvalue weighted by molar-refractivity contribution is 7.24. The van der Waals surface area contributed by atoms with Crippen LogP contribution in [0.1, 0.15) is 0 Å². The van der Waals surface area contributed by atoms with Gasteiger partial charge in [0.05, 0.1) is 11.2 Å². The summed E-state index contributed by atoms with van der Waals surface area (Å²) < 4.78 is 1.21. The number of fused-ring (bicyclic) bond motifs is 4. The lowest BCUT2D eigenvalue weighted by molar-refractivity contribution is 1.07. The van der Waals surface area contributed by atoms with Crippen LogP contribution < -0.4 is 0 Å². The molecular weight excluding hydrogens is 737 g/mol. The summed E-state index contributed by atoms with van der Waals surface area (Å²) in [7, 11) is 0. The number of hydrogen-bond acceptors (Lipinski definition) is 5. The first-order chi connectivity index (χ1) is 29.2. The Morgan fingerprint density at radius 3 is 1.49 bits per heavy atom. The van der Waals surface area contributed by atoms with E-state index in [1.807, 2.05) is 72.0 Å². The Labute approximate surface area is 345 Å². The van der Waals surface area contributed by atoms with Crippen molar-refractivity contribution in [3.8, 4) is 78.1 Å². The molecule has 4 nitrogen and oxygen atoms in total. The minimum Gasteiger partial charge on any atom is -0.247 e. The molecule has 0 saturated carbocycles. The highest BCUT2D eigenvalue weighted by atomic mass is 32.1. The number of nitrogens with zero attached hydrogens (tertiary/aromatic N) is 4. The van der Waals surface area contributed by atoms with Crippen LogP contribution in [0.5, 0.6) is 0 Å². The zero-order valence-corrected chi connectivity index (χ0v) is 32.6. The molecule has 0 atom stereocenters. The van der Waals surface area contributed by atoms with Gasteiger partial charge in [-0.25, -0.2) is 19.9 Å². The summed E-state index contributed by atoms with van der Waals surface area (Å²) in [5.41, 5.74) is 11.6. The summed E-state index contributed by atoms with van der Waals surface area (Å²) >= 11 is 1.85. The van der Waals surface area contributed by atoms with E-state index in [9.17, 15) is 0 Å². The van der Waals surface area contributed by atoms with Crippen LogP contribution in [0.4, 0.5) is 0 Å². The van der Waals surface area contributed by atoms with E-state index in [2.05, 4.69) is 146 Å². The van der Waals surface area contributed by atoms with Gasteiger partial charge in [0.15, 0.2) is 17.5 Å². The van der Waals surface area contributed by atoms with E-state index >= 15 is 0 Å². The topological polar surface area (TPSA) is 51.6 Å². The molecule has 0 saturated heterocycles. The molecular formula is C54H34N4S. The highest BCUT2D eigenvalue weighted by Gasteiger charge is 2.23. The van der Waals surface area contributed by atoms with Gasteiger partial charge in [0, 0.05) is 48.2 Å². The van der Waals surface area contributed by atoms with Crippen molar-refractivity contribution in [3.05, 3.63) is 206 Å². The molecule has 11 aromatic rings. The van der Waals surface area contributed by atoms with Gasteiger partial charge in [0.25, 0.3) is 0 Å². The molecule has 0 aliphatic carbocycles. The van der Waals surface area contributed by atoms with Gasteiger partial charge < -0.3 is 0 Å². The van der Waals surface area contributed by atoms with E-state index in [4.69, 9.17) is 19.9 Å². The van der Waals surface area contributed by atoms with Crippen molar-refractivity contribution in [2.45, 2.75) is 0 Å². The molecule has 11 rings (SSSR count). The second kappa shape index (κ2) is 14.7. The number of aromatic nitrogens is 4. The lowest BCUT2D eigenvalue weighted by Crippen LogP contribution is -2.00. The Kier molecular flexibility index (Phi) is 8.64. The maximum absolute atomic E-state index is 5.53. The summed E-state index contributed by atoms with van der Waals surface area (Å²) in [6.07, 6.45) is 0. The lowest BCUT2D eigenvalue weighted by Gasteiger charge is -2.13. The normalized spacial score (nSPS) is 11.4.